The number of nitrogens with one attached hydrogen (secondary N) is 1. The summed E-state index contributed by atoms with van der Waals surface area (Å²) in [5.74, 6) is 0.849. The van der Waals surface area contributed by atoms with Crippen LogP contribution in [-0.4, -0.2) is 26.3 Å². The minimum absolute atomic E-state index is 0.334. The summed E-state index contributed by atoms with van der Waals surface area (Å²) in [4.78, 5) is 12.1. The average Bonchev–Trinajstić information content (AvgIpc) is 2.55. The van der Waals surface area contributed by atoms with Crippen molar-refractivity contribution >= 4 is 62.2 Å². The fraction of sp³-hybridized carbons (Fsp3) is 0.125. The molecule has 0 unspecified atom stereocenters. The topological polar surface area (TPSA) is 59.9 Å². The molecule has 0 saturated carbocycles. The molecule has 0 aromatic heterocycles. The van der Waals surface area contributed by atoms with Crippen LogP contribution in [-0.2, 0) is 0 Å². The molecular weight excluding hydrogens is 510 g/mol. The molecule has 0 aliphatic carbocycles. The number of amides is 1. The van der Waals surface area contributed by atoms with Crippen LogP contribution in [0.1, 0.15) is 15.9 Å². The predicted molar refractivity (Wildman–Crippen MR) is 106 cm³/mol. The second-order valence-corrected chi connectivity index (χ2v) is 6.99. The van der Waals surface area contributed by atoms with Crippen LogP contribution >= 0.6 is 50.1 Å². The quantitative estimate of drug-likeness (QED) is 0.357. The SMILES string of the molecule is COc1cc(C(=O)N/N=C\c2cc(Cl)c(OC)c(Br)c2)ccc1I. The van der Waals surface area contributed by atoms with Crippen molar-refractivity contribution in [3.63, 3.8) is 0 Å². The van der Waals surface area contributed by atoms with E-state index < -0.39 is 0 Å². The number of carbonyl (C=O) groups excluding carboxylic acids is 1. The average molecular weight is 524 g/mol. The van der Waals surface area contributed by atoms with E-state index in [2.05, 4.69) is 49.0 Å². The molecule has 0 radical (unpaired) electrons. The molecule has 0 atom stereocenters. The lowest BCUT2D eigenvalue weighted by atomic mass is 10.2. The second kappa shape index (κ2) is 8.68. The highest BCUT2D eigenvalue weighted by Crippen LogP contribution is 2.33. The third-order valence-corrected chi connectivity index (χ3v) is 4.78. The van der Waals surface area contributed by atoms with Gasteiger partial charge in [-0.1, -0.05) is 11.6 Å². The van der Waals surface area contributed by atoms with Crippen molar-refractivity contribution in [2.24, 2.45) is 5.10 Å². The Hall–Kier alpha value is -1.32. The summed E-state index contributed by atoms with van der Waals surface area (Å²) in [6, 6.07) is 8.64. The first kappa shape index (κ1) is 19.0. The van der Waals surface area contributed by atoms with Gasteiger partial charge in [-0.25, -0.2) is 5.43 Å². The maximum Gasteiger partial charge on any atom is 0.271 e. The number of rotatable bonds is 5. The van der Waals surface area contributed by atoms with Gasteiger partial charge in [0.15, 0.2) is 5.75 Å². The fourth-order valence-corrected chi connectivity index (χ4v) is 3.49. The molecule has 126 valence electrons. The van der Waals surface area contributed by atoms with Crippen LogP contribution in [0.25, 0.3) is 0 Å². The van der Waals surface area contributed by atoms with E-state index in [1.54, 1.807) is 37.4 Å². The Bertz CT molecular complexity index is 776. The fourth-order valence-electron chi connectivity index (χ4n) is 1.88. The van der Waals surface area contributed by atoms with Crippen molar-refractivity contribution in [1.82, 2.24) is 5.43 Å². The molecule has 0 aliphatic heterocycles. The van der Waals surface area contributed by atoms with E-state index in [9.17, 15) is 4.79 Å². The maximum absolute atomic E-state index is 12.1. The third kappa shape index (κ3) is 4.61. The van der Waals surface area contributed by atoms with E-state index in [1.165, 1.54) is 13.3 Å². The van der Waals surface area contributed by atoms with Gasteiger partial charge < -0.3 is 9.47 Å². The van der Waals surface area contributed by atoms with Crippen molar-refractivity contribution in [3.05, 3.63) is 54.5 Å². The van der Waals surface area contributed by atoms with Gasteiger partial charge >= 0.3 is 0 Å². The molecule has 2 rings (SSSR count). The lowest BCUT2D eigenvalue weighted by Gasteiger charge is -2.07. The van der Waals surface area contributed by atoms with Crippen molar-refractivity contribution in [1.29, 1.82) is 0 Å². The van der Waals surface area contributed by atoms with E-state index in [4.69, 9.17) is 21.1 Å². The summed E-state index contributed by atoms with van der Waals surface area (Å²) >= 11 is 11.6. The van der Waals surface area contributed by atoms with Crippen LogP contribution in [0, 0.1) is 3.57 Å². The Morgan fingerprint density at radius 3 is 2.67 bits per heavy atom. The molecule has 0 heterocycles. The first-order valence-electron chi connectivity index (χ1n) is 6.66. The number of hydrogen-bond acceptors (Lipinski definition) is 4. The van der Waals surface area contributed by atoms with Crippen molar-refractivity contribution in [2.45, 2.75) is 0 Å². The van der Waals surface area contributed by atoms with E-state index >= 15 is 0 Å². The number of benzene rings is 2. The Kier molecular flexibility index (Phi) is 6.88. The van der Waals surface area contributed by atoms with Crippen molar-refractivity contribution in [2.75, 3.05) is 14.2 Å². The van der Waals surface area contributed by atoms with Crippen LogP contribution in [0.15, 0.2) is 39.9 Å². The summed E-state index contributed by atoms with van der Waals surface area (Å²) in [5, 5.41) is 4.39. The normalized spacial score (nSPS) is 10.7. The number of ether oxygens (including phenoxy) is 2. The largest absolute Gasteiger partial charge is 0.496 e. The van der Waals surface area contributed by atoms with Gasteiger partial charge in [0.1, 0.15) is 5.75 Å². The Balaban J connectivity index is 2.10. The molecule has 5 nitrogen and oxygen atoms in total. The number of nitrogens with zero attached hydrogens (tertiary/aromatic N) is 1. The van der Waals surface area contributed by atoms with Crippen LogP contribution in [0.2, 0.25) is 5.02 Å². The molecular formula is C16H13BrClIN2O3. The zero-order valence-electron chi connectivity index (χ0n) is 12.8. The van der Waals surface area contributed by atoms with Crippen LogP contribution in [0.4, 0.5) is 0 Å². The van der Waals surface area contributed by atoms with E-state index in [0.717, 1.165) is 3.57 Å². The van der Waals surface area contributed by atoms with Crippen molar-refractivity contribution in [3.8, 4) is 11.5 Å². The highest BCUT2D eigenvalue weighted by atomic mass is 127. The Morgan fingerprint density at radius 1 is 1.29 bits per heavy atom. The molecule has 24 heavy (non-hydrogen) atoms. The number of methoxy groups -OCH3 is 2. The summed E-state index contributed by atoms with van der Waals surface area (Å²) in [6.07, 6.45) is 1.50. The molecule has 2 aromatic rings. The lowest BCUT2D eigenvalue weighted by molar-refractivity contribution is 0.0954. The van der Waals surface area contributed by atoms with Crippen LogP contribution in [0.3, 0.4) is 0 Å². The van der Waals surface area contributed by atoms with Gasteiger partial charge in [0.25, 0.3) is 5.91 Å². The van der Waals surface area contributed by atoms with Gasteiger partial charge in [-0.2, -0.15) is 5.10 Å². The Labute approximate surface area is 166 Å². The second-order valence-electron chi connectivity index (χ2n) is 4.57. The highest BCUT2D eigenvalue weighted by molar-refractivity contribution is 14.1. The van der Waals surface area contributed by atoms with Gasteiger partial charge in [0.2, 0.25) is 0 Å². The zero-order valence-corrected chi connectivity index (χ0v) is 17.3. The maximum atomic E-state index is 12.1. The highest BCUT2D eigenvalue weighted by Gasteiger charge is 2.09. The van der Waals surface area contributed by atoms with E-state index in [1.807, 2.05) is 0 Å². The molecule has 1 N–H and O–H groups in total. The minimum atomic E-state index is -0.334. The number of hydrogen-bond donors (Lipinski definition) is 1. The summed E-state index contributed by atoms with van der Waals surface area (Å²) in [7, 11) is 3.10. The first-order valence-corrected chi connectivity index (χ1v) is 8.91. The first-order chi connectivity index (χ1) is 11.5. The molecule has 0 spiro atoms. The molecule has 0 fully saturated rings. The minimum Gasteiger partial charge on any atom is -0.496 e. The van der Waals surface area contributed by atoms with Gasteiger partial charge in [-0.05, 0) is 74.4 Å². The van der Waals surface area contributed by atoms with Gasteiger partial charge in [0, 0.05) is 5.56 Å². The zero-order chi connectivity index (χ0) is 17.7. The smallest absolute Gasteiger partial charge is 0.271 e. The lowest BCUT2D eigenvalue weighted by Crippen LogP contribution is -2.17. The number of halogens is 3. The molecule has 0 bridgehead atoms. The predicted octanol–water partition coefficient (Wildman–Crippen LogP) is 4.49. The molecule has 0 saturated heterocycles. The molecule has 0 aliphatic rings. The molecule has 8 heteroatoms. The van der Waals surface area contributed by atoms with E-state index in [-0.39, 0.29) is 5.91 Å². The monoisotopic (exact) mass is 522 g/mol. The van der Waals surface area contributed by atoms with Gasteiger partial charge in [-0.15, -0.1) is 0 Å². The molecule has 1 amide bonds. The summed E-state index contributed by atoms with van der Waals surface area (Å²) < 4.78 is 12.0. The number of hydrazone groups is 1. The summed E-state index contributed by atoms with van der Waals surface area (Å²) in [5.41, 5.74) is 3.64. The van der Waals surface area contributed by atoms with Crippen LogP contribution in [0.5, 0.6) is 11.5 Å². The molecule has 2 aromatic carbocycles. The Morgan fingerprint density at radius 2 is 2.04 bits per heavy atom. The third-order valence-electron chi connectivity index (χ3n) is 3.02. The van der Waals surface area contributed by atoms with Gasteiger partial charge in [-0.3, -0.25) is 4.79 Å². The van der Waals surface area contributed by atoms with Crippen LogP contribution < -0.4 is 14.9 Å². The number of carbonyl (C=O) groups is 1. The van der Waals surface area contributed by atoms with Gasteiger partial charge in [0.05, 0.1) is 33.5 Å². The summed E-state index contributed by atoms with van der Waals surface area (Å²) in [6.45, 7) is 0. The standard InChI is InChI=1S/C16H13BrClIN2O3/c1-23-14-7-10(3-4-13(14)19)16(22)21-20-8-9-5-11(17)15(24-2)12(18)6-9/h3-8H,1-2H3,(H,21,22)/b20-8-. The van der Waals surface area contributed by atoms with E-state index in [0.29, 0.717) is 32.1 Å². The van der Waals surface area contributed by atoms with Crippen molar-refractivity contribution < 1.29 is 14.3 Å².